The van der Waals surface area contributed by atoms with Crippen LogP contribution in [0.2, 0.25) is 5.02 Å². The molecule has 3 aromatic carbocycles. The zero-order valence-electron chi connectivity index (χ0n) is 16.2. The predicted molar refractivity (Wildman–Crippen MR) is 121 cm³/mol. The molecule has 0 atom stereocenters. The molecule has 0 aliphatic rings. The Kier molecular flexibility index (Phi) is 5.82. The van der Waals surface area contributed by atoms with Crippen LogP contribution in [0.4, 0.5) is 10.2 Å². The van der Waals surface area contributed by atoms with Crippen LogP contribution in [-0.4, -0.2) is 15.7 Å². The largest absolute Gasteiger partial charge is 0.259 e. The second kappa shape index (κ2) is 8.84. The van der Waals surface area contributed by atoms with Gasteiger partial charge in [-0.2, -0.15) is 5.10 Å². The molecule has 0 saturated heterocycles. The lowest BCUT2D eigenvalue weighted by atomic mass is 10.1. The number of anilines is 1. The zero-order valence-corrected chi connectivity index (χ0v) is 16.9. The number of aryl methyl sites for hydroxylation is 1. The third-order valence-electron chi connectivity index (χ3n) is 4.47. The third-order valence-corrected chi connectivity index (χ3v) is 4.72. The van der Waals surface area contributed by atoms with E-state index in [-0.39, 0.29) is 5.82 Å². The molecule has 1 heterocycles. The van der Waals surface area contributed by atoms with E-state index in [0.29, 0.717) is 16.6 Å². The van der Waals surface area contributed by atoms with Crippen molar-refractivity contribution in [1.29, 1.82) is 0 Å². The molecule has 0 bridgehead atoms. The molecular formula is C24H18ClFN4. The van der Waals surface area contributed by atoms with Crippen LogP contribution in [0.15, 0.2) is 84.0 Å². The summed E-state index contributed by atoms with van der Waals surface area (Å²) >= 11 is 5.95. The molecular weight excluding hydrogens is 399 g/mol. The van der Waals surface area contributed by atoms with E-state index in [4.69, 9.17) is 11.6 Å². The molecule has 1 N–H and O–H groups in total. The fourth-order valence-corrected chi connectivity index (χ4v) is 3.00. The Labute approximate surface area is 178 Å². The summed E-state index contributed by atoms with van der Waals surface area (Å²) in [4.78, 5) is 9.17. The number of rotatable bonds is 5. The number of hydrogen-bond donors (Lipinski definition) is 1. The molecule has 0 unspecified atom stereocenters. The van der Waals surface area contributed by atoms with Gasteiger partial charge in [-0.15, -0.1) is 0 Å². The molecule has 6 heteroatoms. The zero-order chi connectivity index (χ0) is 20.9. The first-order valence-corrected chi connectivity index (χ1v) is 9.73. The van der Waals surface area contributed by atoms with Crippen molar-refractivity contribution in [3.8, 4) is 0 Å². The van der Waals surface area contributed by atoms with E-state index in [0.717, 1.165) is 27.9 Å². The van der Waals surface area contributed by atoms with E-state index in [9.17, 15) is 4.39 Å². The highest BCUT2D eigenvalue weighted by molar-refractivity contribution is 6.30. The van der Waals surface area contributed by atoms with Gasteiger partial charge in [-0.05, 0) is 67.1 Å². The number of aromatic nitrogens is 2. The van der Waals surface area contributed by atoms with Crippen molar-refractivity contribution in [1.82, 2.24) is 9.97 Å². The van der Waals surface area contributed by atoms with E-state index in [2.05, 4.69) is 20.5 Å². The molecule has 30 heavy (non-hydrogen) atoms. The van der Waals surface area contributed by atoms with Gasteiger partial charge in [0.15, 0.2) is 5.82 Å². The Balaban J connectivity index is 1.68. The normalized spacial score (nSPS) is 11.9. The molecule has 148 valence electrons. The molecule has 0 amide bonds. The van der Waals surface area contributed by atoms with Crippen LogP contribution >= 0.6 is 11.6 Å². The van der Waals surface area contributed by atoms with Crippen molar-refractivity contribution < 1.29 is 4.39 Å². The minimum absolute atomic E-state index is 0.302. The van der Waals surface area contributed by atoms with Gasteiger partial charge in [0, 0.05) is 10.6 Å². The smallest absolute Gasteiger partial charge is 0.168 e. The average Bonchev–Trinajstić information content (AvgIpc) is 2.76. The average molecular weight is 417 g/mol. The number of benzene rings is 3. The van der Waals surface area contributed by atoms with E-state index in [1.54, 1.807) is 12.1 Å². The van der Waals surface area contributed by atoms with Gasteiger partial charge >= 0.3 is 0 Å². The first-order chi connectivity index (χ1) is 14.6. The summed E-state index contributed by atoms with van der Waals surface area (Å²) in [7, 11) is 0. The molecule has 0 aliphatic heterocycles. The van der Waals surface area contributed by atoms with Crippen molar-refractivity contribution >= 4 is 40.2 Å². The minimum atomic E-state index is -0.302. The highest BCUT2D eigenvalue weighted by Gasteiger charge is 2.06. The van der Waals surface area contributed by atoms with Crippen LogP contribution in [0.25, 0.3) is 17.1 Å². The van der Waals surface area contributed by atoms with Crippen molar-refractivity contribution in [3.63, 3.8) is 0 Å². The summed E-state index contributed by atoms with van der Waals surface area (Å²) in [6, 6.07) is 21.3. The van der Waals surface area contributed by atoms with Gasteiger partial charge in [-0.3, -0.25) is 5.43 Å². The minimum Gasteiger partial charge on any atom is -0.259 e. The van der Waals surface area contributed by atoms with Crippen LogP contribution in [-0.2, 0) is 0 Å². The summed E-state index contributed by atoms with van der Waals surface area (Å²) in [5.74, 6) is 0.261. The number of nitrogens with zero attached hydrogens (tertiary/aromatic N) is 3. The van der Waals surface area contributed by atoms with Gasteiger partial charge < -0.3 is 0 Å². The first kappa shape index (κ1) is 19.7. The van der Waals surface area contributed by atoms with Crippen molar-refractivity contribution in [2.75, 3.05) is 5.43 Å². The van der Waals surface area contributed by atoms with Gasteiger partial charge in [-0.25, -0.2) is 14.4 Å². The first-order valence-electron chi connectivity index (χ1n) is 9.35. The molecule has 4 rings (SSSR count). The van der Waals surface area contributed by atoms with Crippen LogP contribution < -0.4 is 5.43 Å². The lowest BCUT2D eigenvalue weighted by molar-refractivity contribution is 0.628. The van der Waals surface area contributed by atoms with Crippen molar-refractivity contribution in [2.45, 2.75) is 6.92 Å². The Morgan fingerprint density at radius 1 is 0.933 bits per heavy atom. The fraction of sp³-hybridized carbons (Fsp3) is 0.0417. The second-order valence-corrected chi connectivity index (χ2v) is 7.08. The maximum atomic E-state index is 13.4. The highest BCUT2D eigenvalue weighted by atomic mass is 35.5. The maximum Gasteiger partial charge on any atom is 0.168 e. The molecule has 0 fully saturated rings. The van der Waals surface area contributed by atoms with Crippen LogP contribution in [0.1, 0.15) is 16.8 Å². The quantitative estimate of drug-likeness (QED) is 0.308. The molecule has 0 spiro atoms. The molecule has 0 saturated carbocycles. The predicted octanol–water partition coefficient (Wildman–Crippen LogP) is 6.26. The number of hydrogen-bond acceptors (Lipinski definition) is 4. The lowest BCUT2D eigenvalue weighted by Gasteiger charge is -2.08. The van der Waals surface area contributed by atoms with E-state index in [1.165, 1.54) is 12.1 Å². The maximum absolute atomic E-state index is 13.4. The van der Waals surface area contributed by atoms with E-state index in [1.807, 2.05) is 67.6 Å². The summed E-state index contributed by atoms with van der Waals surface area (Å²) in [6.07, 6.45) is 3.77. The van der Waals surface area contributed by atoms with Gasteiger partial charge in [0.2, 0.25) is 0 Å². The number of hydrazone groups is 1. The summed E-state index contributed by atoms with van der Waals surface area (Å²) in [5, 5.41) is 5.20. The number of allylic oxidation sites excluding steroid dienone is 1. The monoisotopic (exact) mass is 416 g/mol. The van der Waals surface area contributed by atoms with Crippen LogP contribution in [0, 0.1) is 12.7 Å². The Morgan fingerprint density at radius 3 is 2.30 bits per heavy atom. The Morgan fingerprint density at radius 2 is 1.60 bits per heavy atom. The number of nitrogens with one attached hydrogen (secondary N) is 1. The molecule has 4 nitrogen and oxygen atoms in total. The van der Waals surface area contributed by atoms with Gasteiger partial charge in [-0.1, -0.05) is 41.9 Å². The summed E-state index contributed by atoms with van der Waals surface area (Å²) in [5.41, 5.74) is 7.71. The third kappa shape index (κ3) is 4.70. The lowest BCUT2D eigenvalue weighted by Crippen LogP contribution is -2.04. The van der Waals surface area contributed by atoms with E-state index < -0.39 is 0 Å². The van der Waals surface area contributed by atoms with Gasteiger partial charge in [0.25, 0.3) is 0 Å². The molecule has 0 aliphatic carbocycles. The van der Waals surface area contributed by atoms with Gasteiger partial charge in [0.05, 0.1) is 22.4 Å². The fourth-order valence-electron chi connectivity index (χ4n) is 2.88. The molecule has 1 aromatic heterocycles. The Bertz CT molecular complexity index is 1230. The molecule has 0 radical (unpaired) electrons. The number of halogens is 2. The molecule has 4 aromatic rings. The SMILES string of the molecule is Cc1nc2ccccc2nc1N/N=C(\C=C\c1ccc(Cl)cc1)c1ccc(F)cc1. The van der Waals surface area contributed by atoms with Crippen LogP contribution in [0.5, 0.6) is 0 Å². The Hall–Kier alpha value is -3.57. The highest BCUT2D eigenvalue weighted by Crippen LogP contribution is 2.17. The van der Waals surface area contributed by atoms with Crippen molar-refractivity contribution in [2.24, 2.45) is 5.10 Å². The summed E-state index contributed by atoms with van der Waals surface area (Å²) in [6.45, 7) is 1.87. The van der Waals surface area contributed by atoms with E-state index >= 15 is 0 Å². The second-order valence-electron chi connectivity index (χ2n) is 6.65. The number of para-hydroxylation sites is 2. The van der Waals surface area contributed by atoms with Gasteiger partial charge in [0.1, 0.15) is 5.82 Å². The summed E-state index contributed by atoms with van der Waals surface area (Å²) < 4.78 is 13.4. The van der Waals surface area contributed by atoms with Crippen LogP contribution in [0.3, 0.4) is 0 Å². The number of fused-ring (bicyclic) bond motifs is 1. The van der Waals surface area contributed by atoms with Crippen molar-refractivity contribution in [3.05, 3.63) is 107 Å². The topological polar surface area (TPSA) is 50.2 Å². The standard InChI is InChI=1S/C24H18ClFN4/c1-16-24(28-23-5-3-2-4-22(23)27-16)30-29-21(18-9-13-20(26)14-10-18)15-8-17-6-11-19(25)12-7-17/h2-15H,1H3,(H,28,30)/b15-8+,29-21+.